The van der Waals surface area contributed by atoms with Gasteiger partial charge in [-0.1, -0.05) is 0 Å². The predicted molar refractivity (Wildman–Crippen MR) is 71.5 cm³/mol. The lowest BCUT2D eigenvalue weighted by molar-refractivity contribution is 0.647. The molecule has 2 rings (SSSR count). The van der Waals surface area contributed by atoms with Crippen molar-refractivity contribution in [1.29, 1.82) is 0 Å². The van der Waals surface area contributed by atoms with Crippen LogP contribution in [0.25, 0.3) is 0 Å². The van der Waals surface area contributed by atoms with Gasteiger partial charge in [-0.2, -0.15) is 0 Å². The molecule has 0 aromatic carbocycles. The second-order valence-corrected chi connectivity index (χ2v) is 5.42. The highest BCUT2D eigenvalue weighted by atomic mass is 79.9. The third kappa shape index (κ3) is 2.20. The second kappa shape index (κ2) is 4.50. The molecular formula is C10H10BrN3O2S. The highest BCUT2D eigenvalue weighted by Gasteiger charge is 2.10. The zero-order valence-electron chi connectivity index (χ0n) is 9.01. The number of rotatable bonds is 2. The summed E-state index contributed by atoms with van der Waals surface area (Å²) >= 11 is 4.84. The Morgan fingerprint density at radius 3 is 2.76 bits per heavy atom. The molecule has 2 heterocycles. The number of aromatic nitrogens is 2. The lowest BCUT2D eigenvalue weighted by atomic mass is 10.4. The van der Waals surface area contributed by atoms with E-state index in [-0.39, 0.29) is 17.9 Å². The van der Waals surface area contributed by atoms with E-state index in [1.807, 2.05) is 11.4 Å². The number of nitrogens with two attached hydrogens (primary N) is 1. The van der Waals surface area contributed by atoms with Crippen LogP contribution in [0.2, 0.25) is 0 Å². The predicted octanol–water partition coefficient (Wildman–Crippen LogP) is 1.00. The van der Waals surface area contributed by atoms with Crippen LogP contribution in [0.3, 0.4) is 0 Å². The molecule has 2 aromatic rings. The molecule has 0 aliphatic carbocycles. The standard InChI is InChI=1S/C10H10BrN3O2S/c1-13-4-7(12)9(15)14(10(13)16)5-8-6(11)2-3-17-8/h2-4H,5,12H2,1H3. The van der Waals surface area contributed by atoms with Crippen molar-refractivity contribution in [3.8, 4) is 0 Å². The van der Waals surface area contributed by atoms with Gasteiger partial charge in [0, 0.05) is 22.6 Å². The molecule has 0 unspecified atom stereocenters. The van der Waals surface area contributed by atoms with E-state index in [9.17, 15) is 9.59 Å². The Morgan fingerprint density at radius 2 is 2.18 bits per heavy atom. The first kappa shape index (κ1) is 12.1. The molecule has 5 nitrogen and oxygen atoms in total. The highest BCUT2D eigenvalue weighted by Crippen LogP contribution is 2.22. The van der Waals surface area contributed by atoms with Crippen LogP contribution in [-0.4, -0.2) is 9.13 Å². The average molecular weight is 316 g/mol. The molecule has 17 heavy (non-hydrogen) atoms. The minimum Gasteiger partial charge on any atom is -0.393 e. The molecule has 0 aliphatic rings. The van der Waals surface area contributed by atoms with Gasteiger partial charge in [0.2, 0.25) is 0 Å². The molecule has 0 aliphatic heterocycles. The lowest BCUT2D eigenvalue weighted by Crippen LogP contribution is -2.39. The number of anilines is 1. The summed E-state index contributed by atoms with van der Waals surface area (Å²) in [6.07, 6.45) is 1.34. The van der Waals surface area contributed by atoms with E-state index < -0.39 is 5.56 Å². The Balaban J connectivity index is 2.57. The fraction of sp³-hybridized carbons (Fsp3) is 0.200. The summed E-state index contributed by atoms with van der Waals surface area (Å²) in [5.74, 6) is 0. The zero-order valence-corrected chi connectivity index (χ0v) is 11.4. The van der Waals surface area contributed by atoms with Gasteiger partial charge >= 0.3 is 5.69 Å². The minimum absolute atomic E-state index is 0.0692. The summed E-state index contributed by atoms with van der Waals surface area (Å²) in [5, 5.41) is 1.89. The molecule has 0 saturated heterocycles. The summed E-state index contributed by atoms with van der Waals surface area (Å²) in [4.78, 5) is 24.5. The van der Waals surface area contributed by atoms with Gasteiger partial charge in [-0.15, -0.1) is 11.3 Å². The van der Waals surface area contributed by atoms with Gasteiger partial charge in [-0.3, -0.25) is 9.36 Å². The average Bonchev–Trinajstić information content (AvgIpc) is 2.68. The Morgan fingerprint density at radius 1 is 1.47 bits per heavy atom. The first-order valence-electron chi connectivity index (χ1n) is 4.78. The summed E-state index contributed by atoms with van der Waals surface area (Å²) in [7, 11) is 1.57. The number of thiophene rings is 1. The second-order valence-electron chi connectivity index (χ2n) is 3.56. The van der Waals surface area contributed by atoms with Crippen molar-refractivity contribution in [2.24, 2.45) is 7.05 Å². The van der Waals surface area contributed by atoms with Crippen LogP contribution in [0.15, 0.2) is 31.7 Å². The van der Waals surface area contributed by atoms with Gasteiger partial charge in [0.05, 0.1) is 6.54 Å². The lowest BCUT2D eigenvalue weighted by Gasteiger charge is -2.07. The molecule has 0 amide bonds. The van der Waals surface area contributed by atoms with Gasteiger partial charge in [-0.25, -0.2) is 4.79 Å². The Bertz CT molecular complexity index is 637. The number of hydrogen-bond acceptors (Lipinski definition) is 4. The van der Waals surface area contributed by atoms with E-state index in [1.54, 1.807) is 7.05 Å². The quantitative estimate of drug-likeness (QED) is 0.899. The zero-order chi connectivity index (χ0) is 12.6. The van der Waals surface area contributed by atoms with Crippen LogP contribution in [0.4, 0.5) is 5.69 Å². The van der Waals surface area contributed by atoms with E-state index >= 15 is 0 Å². The fourth-order valence-corrected chi connectivity index (χ4v) is 2.94. The van der Waals surface area contributed by atoms with E-state index in [0.29, 0.717) is 0 Å². The maximum absolute atomic E-state index is 11.8. The molecule has 0 radical (unpaired) electrons. The van der Waals surface area contributed by atoms with E-state index in [2.05, 4.69) is 15.9 Å². The molecule has 0 atom stereocenters. The van der Waals surface area contributed by atoms with Crippen molar-refractivity contribution in [3.63, 3.8) is 0 Å². The first-order valence-corrected chi connectivity index (χ1v) is 6.46. The molecule has 0 saturated carbocycles. The van der Waals surface area contributed by atoms with Crippen molar-refractivity contribution in [2.75, 3.05) is 5.73 Å². The van der Waals surface area contributed by atoms with Crippen LogP contribution >= 0.6 is 27.3 Å². The number of nitrogens with zero attached hydrogens (tertiary/aromatic N) is 2. The third-order valence-electron chi connectivity index (χ3n) is 2.35. The number of aryl methyl sites for hydroxylation is 1. The molecular weight excluding hydrogens is 306 g/mol. The van der Waals surface area contributed by atoms with Crippen LogP contribution in [0.5, 0.6) is 0 Å². The first-order chi connectivity index (χ1) is 8.00. The molecule has 0 bridgehead atoms. The Hall–Kier alpha value is -1.34. The maximum Gasteiger partial charge on any atom is 0.331 e. The molecule has 2 N–H and O–H groups in total. The van der Waals surface area contributed by atoms with E-state index in [1.165, 1.54) is 22.1 Å². The van der Waals surface area contributed by atoms with Crippen molar-refractivity contribution in [3.05, 3.63) is 47.8 Å². The van der Waals surface area contributed by atoms with Gasteiger partial charge in [0.15, 0.2) is 0 Å². The van der Waals surface area contributed by atoms with E-state index in [0.717, 1.165) is 13.9 Å². The summed E-state index contributed by atoms with van der Waals surface area (Å²) < 4.78 is 3.32. The van der Waals surface area contributed by atoms with Crippen molar-refractivity contribution < 1.29 is 0 Å². The van der Waals surface area contributed by atoms with Crippen molar-refractivity contribution in [1.82, 2.24) is 9.13 Å². The largest absolute Gasteiger partial charge is 0.393 e. The fourth-order valence-electron chi connectivity index (χ4n) is 1.47. The molecule has 0 fully saturated rings. The van der Waals surface area contributed by atoms with E-state index in [4.69, 9.17) is 5.73 Å². The highest BCUT2D eigenvalue weighted by molar-refractivity contribution is 9.10. The van der Waals surface area contributed by atoms with Gasteiger partial charge in [0.1, 0.15) is 5.69 Å². The van der Waals surface area contributed by atoms with Crippen LogP contribution in [0.1, 0.15) is 4.88 Å². The summed E-state index contributed by atoms with van der Waals surface area (Å²) in [5.41, 5.74) is 4.80. The van der Waals surface area contributed by atoms with Crippen molar-refractivity contribution >= 4 is 33.0 Å². The molecule has 2 aromatic heterocycles. The van der Waals surface area contributed by atoms with Crippen molar-refractivity contribution in [2.45, 2.75) is 6.54 Å². The maximum atomic E-state index is 11.8. The number of halogens is 1. The van der Waals surface area contributed by atoms with Gasteiger partial charge in [0.25, 0.3) is 5.56 Å². The monoisotopic (exact) mass is 315 g/mol. The minimum atomic E-state index is -0.451. The molecule has 0 spiro atoms. The normalized spacial score (nSPS) is 10.7. The summed E-state index contributed by atoms with van der Waals surface area (Å²) in [6, 6.07) is 1.88. The molecule has 7 heteroatoms. The third-order valence-corrected chi connectivity index (χ3v) is 4.26. The van der Waals surface area contributed by atoms with Gasteiger partial charge < -0.3 is 10.3 Å². The Labute approximate surface area is 109 Å². The van der Waals surface area contributed by atoms with Crippen LogP contribution in [0, 0.1) is 0 Å². The Kier molecular flexibility index (Phi) is 3.21. The SMILES string of the molecule is Cn1cc(N)c(=O)n(Cc2sccc2Br)c1=O. The van der Waals surface area contributed by atoms with Crippen LogP contribution < -0.4 is 17.0 Å². The smallest absolute Gasteiger partial charge is 0.331 e. The number of hydrogen-bond donors (Lipinski definition) is 1. The number of nitrogen functional groups attached to an aromatic ring is 1. The topological polar surface area (TPSA) is 70.0 Å². The summed E-state index contributed by atoms with van der Waals surface area (Å²) in [6.45, 7) is 0.231. The van der Waals surface area contributed by atoms with Crippen LogP contribution in [-0.2, 0) is 13.6 Å². The molecule has 90 valence electrons. The van der Waals surface area contributed by atoms with Gasteiger partial charge in [-0.05, 0) is 27.4 Å².